The molecule has 0 unspecified atom stereocenters. The van der Waals surface area contributed by atoms with Crippen LogP contribution in [0.25, 0.3) is 10.9 Å². The van der Waals surface area contributed by atoms with Crippen molar-refractivity contribution >= 4 is 40.2 Å². The standard InChI is InChI=1S/C12H10FNO.C7H6FNO.C5H8O2/c1-7-9(8(2)15)6-10-11(13)4-3-5-12(10)14-7;8-6-2-1-3-7(9)5(6)4-10;1-4(6)3-5(2)7/h3-6H,1-2H3;1-4H,9H2;3H2,1-2H3. The summed E-state index contributed by atoms with van der Waals surface area (Å²) in [7, 11) is 0. The van der Waals surface area contributed by atoms with Crippen molar-refractivity contribution < 1.29 is 28.0 Å². The maximum Gasteiger partial charge on any atom is 0.161 e. The zero-order valence-electron chi connectivity index (χ0n) is 18.2. The average molecular weight is 442 g/mol. The van der Waals surface area contributed by atoms with E-state index < -0.39 is 5.82 Å². The molecule has 2 aromatic carbocycles. The van der Waals surface area contributed by atoms with Crippen LogP contribution in [0.4, 0.5) is 14.5 Å². The second-order valence-electron chi connectivity index (χ2n) is 6.93. The van der Waals surface area contributed by atoms with Crippen LogP contribution in [0.5, 0.6) is 0 Å². The Morgan fingerprint density at radius 1 is 0.969 bits per heavy atom. The first-order valence-corrected chi connectivity index (χ1v) is 9.52. The van der Waals surface area contributed by atoms with Gasteiger partial charge in [-0.05, 0) is 58.0 Å². The lowest BCUT2D eigenvalue weighted by Crippen LogP contribution is -1.99. The minimum absolute atomic E-state index is 0.0625. The van der Waals surface area contributed by atoms with Gasteiger partial charge in [0.15, 0.2) is 12.1 Å². The molecule has 0 radical (unpaired) electrons. The van der Waals surface area contributed by atoms with E-state index in [0.29, 0.717) is 28.4 Å². The third kappa shape index (κ3) is 7.79. The molecule has 0 saturated carbocycles. The summed E-state index contributed by atoms with van der Waals surface area (Å²) in [6.45, 7) is 6.01. The third-order valence-electron chi connectivity index (χ3n) is 4.08. The van der Waals surface area contributed by atoms with Gasteiger partial charge in [-0.25, -0.2) is 8.78 Å². The van der Waals surface area contributed by atoms with Crippen LogP contribution >= 0.6 is 0 Å². The number of aldehydes is 1. The summed E-state index contributed by atoms with van der Waals surface area (Å²) in [5.41, 5.74) is 7.07. The van der Waals surface area contributed by atoms with Crippen molar-refractivity contribution in [3.05, 3.63) is 70.9 Å². The molecule has 168 valence electrons. The molecule has 6 nitrogen and oxygen atoms in total. The number of pyridine rings is 1. The molecule has 1 aromatic heterocycles. The highest BCUT2D eigenvalue weighted by molar-refractivity contribution is 5.98. The van der Waals surface area contributed by atoms with Crippen LogP contribution in [-0.4, -0.2) is 28.6 Å². The van der Waals surface area contributed by atoms with Crippen LogP contribution in [-0.2, 0) is 9.59 Å². The fourth-order valence-electron chi connectivity index (χ4n) is 2.64. The number of hydrogen-bond acceptors (Lipinski definition) is 6. The van der Waals surface area contributed by atoms with Crippen LogP contribution in [0.3, 0.4) is 0 Å². The zero-order chi connectivity index (χ0) is 24.4. The van der Waals surface area contributed by atoms with Crippen LogP contribution in [0, 0.1) is 18.6 Å². The predicted molar refractivity (Wildman–Crippen MR) is 119 cm³/mol. The van der Waals surface area contributed by atoms with E-state index in [1.165, 1.54) is 45.0 Å². The number of nitrogens with zero attached hydrogens (tertiary/aromatic N) is 1. The molecule has 0 aliphatic carbocycles. The predicted octanol–water partition coefficient (Wildman–Crippen LogP) is 4.66. The van der Waals surface area contributed by atoms with Crippen LogP contribution in [0.15, 0.2) is 42.5 Å². The van der Waals surface area contributed by atoms with Gasteiger partial charge in [-0.2, -0.15) is 0 Å². The lowest BCUT2D eigenvalue weighted by molar-refractivity contribution is -0.124. The zero-order valence-corrected chi connectivity index (χ0v) is 18.2. The number of aryl methyl sites for hydroxylation is 1. The van der Waals surface area contributed by atoms with Crippen molar-refractivity contribution in [2.24, 2.45) is 0 Å². The monoisotopic (exact) mass is 442 g/mol. The lowest BCUT2D eigenvalue weighted by Gasteiger charge is -2.04. The number of nitrogen functional groups attached to an aromatic ring is 1. The second-order valence-corrected chi connectivity index (χ2v) is 6.93. The molecule has 1 heterocycles. The number of fused-ring (bicyclic) bond motifs is 1. The number of ketones is 3. The van der Waals surface area contributed by atoms with E-state index in [0.717, 1.165) is 0 Å². The molecule has 0 aliphatic rings. The Kier molecular flexibility index (Phi) is 9.95. The van der Waals surface area contributed by atoms with Crippen molar-refractivity contribution in [1.82, 2.24) is 4.98 Å². The fourth-order valence-corrected chi connectivity index (χ4v) is 2.64. The Bertz CT molecular complexity index is 1130. The number of nitrogens with two attached hydrogens (primary N) is 1. The largest absolute Gasteiger partial charge is 0.398 e. The Labute approximate surface area is 184 Å². The first kappa shape index (κ1) is 26.2. The van der Waals surface area contributed by atoms with Gasteiger partial charge >= 0.3 is 0 Å². The summed E-state index contributed by atoms with van der Waals surface area (Å²) in [6.07, 6.45) is 0.491. The van der Waals surface area contributed by atoms with Gasteiger partial charge in [-0.1, -0.05) is 12.1 Å². The Balaban J connectivity index is 0.000000262. The maximum absolute atomic E-state index is 13.4. The number of aromatic nitrogens is 1. The number of halogens is 2. The van der Waals surface area contributed by atoms with Gasteiger partial charge in [-0.15, -0.1) is 0 Å². The number of hydrogen-bond donors (Lipinski definition) is 1. The van der Waals surface area contributed by atoms with Gasteiger partial charge in [0, 0.05) is 22.3 Å². The first-order valence-electron chi connectivity index (χ1n) is 9.52. The van der Waals surface area contributed by atoms with Gasteiger partial charge in [0.2, 0.25) is 0 Å². The quantitative estimate of drug-likeness (QED) is 0.273. The molecule has 32 heavy (non-hydrogen) atoms. The van der Waals surface area contributed by atoms with Gasteiger partial charge < -0.3 is 5.73 Å². The molecule has 0 bridgehead atoms. The van der Waals surface area contributed by atoms with Crippen molar-refractivity contribution in [2.75, 3.05) is 5.73 Å². The molecule has 0 spiro atoms. The molecular formula is C24H24F2N2O4. The number of Topliss-reactive ketones (excluding diaryl/α,β-unsaturated/α-hetero) is 3. The maximum atomic E-state index is 13.4. The third-order valence-corrected chi connectivity index (χ3v) is 4.08. The molecule has 0 fully saturated rings. The summed E-state index contributed by atoms with van der Waals surface area (Å²) in [6, 6.07) is 10.4. The number of carbonyl (C=O) groups excluding carboxylic acids is 4. The number of anilines is 1. The highest BCUT2D eigenvalue weighted by Gasteiger charge is 2.09. The summed E-state index contributed by atoms with van der Waals surface area (Å²) >= 11 is 0. The van der Waals surface area contributed by atoms with Crippen molar-refractivity contribution in [2.45, 2.75) is 34.1 Å². The van der Waals surface area contributed by atoms with E-state index in [-0.39, 0.29) is 40.8 Å². The topological polar surface area (TPSA) is 107 Å². The first-order chi connectivity index (χ1) is 15.0. The molecule has 8 heteroatoms. The lowest BCUT2D eigenvalue weighted by atomic mass is 10.1. The molecule has 0 aliphatic heterocycles. The molecule has 2 N–H and O–H groups in total. The van der Waals surface area contributed by atoms with E-state index in [4.69, 9.17) is 5.73 Å². The minimum atomic E-state index is -0.574. The molecular weight excluding hydrogens is 418 g/mol. The normalized spacial score (nSPS) is 9.69. The summed E-state index contributed by atoms with van der Waals surface area (Å²) in [4.78, 5) is 45.7. The van der Waals surface area contributed by atoms with Gasteiger partial charge in [-0.3, -0.25) is 24.2 Å². The highest BCUT2D eigenvalue weighted by Crippen LogP contribution is 2.19. The molecule has 0 atom stereocenters. The summed E-state index contributed by atoms with van der Waals surface area (Å²) in [5, 5.41) is 0.397. The Hall–Kier alpha value is -3.81. The highest BCUT2D eigenvalue weighted by atomic mass is 19.1. The summed E-state index contributed by atoms with van der Waals surface area (Å²) in [5.74, 6) is -1.14. The van der Waals surface area contributed by atoms with E-state index >= 15 is 0 Å². The smallest absolute Gasteiger partial charge is 0.161 e. The van der Waals surface area contributed by atoms with E-state index in [9.17, 15) is 28.0 Å². The Morgan fingerprint density at radius 3 is 1.97 bits per heavy atom. The number of carbonyl (C=O) groups is 4. The average Bonchev–Trinajstić information content (AvgIpc) is 2.67. The van der Waals surface area contributed by atoms with Gasteiger partial charge in [0.1, 0.15) is 23.2 Å². The molecule has 0 amide bonds. The molecule has 3 aromatic rings. The number of benzene rings is 2. The van der Waals surface area contributed by atoms with Crippen molar-refractivity contribution in [3.63, 3.8) is 0 Å². The minimum Gasteiger partial charge on any atom is -0.398 e. The van der Waals surface area contributed by atoms with Crippen LogP contribution in [0.1, 0.15) is 53.6 Å². The molecule has 3 rings (SSSR count). The van der Waals surface area contributed by atoms with Crippen molar-refractivity contribution in [3.8, 4) is 0 Å². The van der Waals surface area contributed by atoms with E-state index in [2.05, 4.69) is 4.98 Å². The van der Waals surface area contributed by atoms with Gasteiger partial charge in [0.25, 0.3) is 0 Å². The van der Waals surface area contributed by atoms with Crippen LogP contribution in [0.2, 0.25) is 0 Å². The molecule has 0 saturated heterocycles. The Morgan fingerprint density at radius 2 is 1.53 bits per heavy atom. The second kappa shape index (κ2) is 12.1. The van der Waals surface area contributed by atoms with Crippen molar-refractivity contribution in [1.29, 1.82) is 0 Å². The summed E-state index contributed by atoms with van der Waals surface area (Å²) < 4.78 is 25.9. The van der Waals surface area contributed by atoms with Gasteiger partial charge in [0.05, 0.1) is 17.5 Å². The van der Waals surface area contributed by atoms with Crippen LogP contribution < -0.4 is 5.73 Å². The van der Waals surface area contributed by atoms with E-state index in [1.54, 1.807) is 25.1 Å². The SMILES string of the molecule is CC(=O)CC(C)=O.CC(=O)c1cc2c(F)cccc2nc1C.Nc1cccc(F)c1C=O. The number of rotatable bonds is 4. The van der Waals surface area contributed by atoms with E-state index in [1.807, 2.05) is 0 Å². The fraction of sp³-hybridized carbons (Fsp3) is 0.208.